The number of carbonyl (C=O) groups excluding carboxylic acids is 4. The Morgan fingerprint density at radius 2 is 0.976 bits per heavy atom. The summed E-state index contributed by atoms with van der Waals surface area (Å²) in [4.78, 5) is 59.0. The summed E-state index contributed by atoms with van der Waals surface area (Å²) in [5.74, 6) is -1.18. The molecule has 0 spiro atoms. The molecule has 0 aliphatic carbocycles. The highest BCUT2D eigenvalue weighted by atomic mass is 16.3. The maximum atomic E-state index is 13.2. The van der Waals surface area contributed by atoms with E-state index in [1.165, 1.54) is 9.80 Å². The van der Waals surface area contributed by atoms with Crippen LogP contribution >= 0.6 is 0 Å². The van der Waals surface area contributed by atoms with Crippen molar-refractivity contribution in [2.75, 3.05) is 53.0 Å². The molecule has 0 fully saturated rings. The van der Waals surface area contributed by atoms with Crippen LogP contribution in [0.25, 0.3) is 21.5 Å². The van der Waals surface area contributed by atoms with Gasteiger partial charge in [-0.2, -0.15) is 0 Å². The summed E-state index contributed by atoms with van der Waals surface area (Å²) in [5, 5.41) is 13.1. The lowest BCUT2D eigenvalue weighted by atomic mass is 9.94. The van der Waals surface area contributed by atoms with Crippen LogP contribution in [0.15, 0.2) is 72.8 Å². The highest BCUT2D eigenvalue weighted by molar-refractivity contribution is 6.26. The summed E-state index contributed by atoms with van der Waals surface area (Å²) in [7, 11) is 1.93. The van der Waals surface area contributed by atoms with E-state index in [-0.39, 0.29) is 43.4 Å². The minimum atomic E-state index is -0.317. The van der Waals surface area contributed by atoms with E-state index in [0.29, 0.717) is 60.2 Å². The van der Waals surface area contributed by atoms with E-state index < -0.39 is 0 Å². The molecule has 4 aromatic rings. The van der Waals surface area contributed by atoms with Crippen molar-refractivity contribution in [1.29, 1.82) is 0 Å². The first-order valence-electron chi connectivity index (χ1n) is 14.2. The average Bonchev–Trinajstić information content (AvgIpc) is 3.01. The summed E-state index contributed by atoms with van der Waals surface area (Å²) < 4.78 is 0. The van der Waals surface area contributed by atoms with Crippen molar-refractivity contribution >= 4 is 45.2 Å². The monoisotopic (exact) mass is 564 g/mol. The highest BCUT2D eigenvalue weighted by Gasteiger charge is 2.33. The predicted molar refractivity (Wildman–Crippen MR) is 159 cm³/mol. The number of imide groups is 2. The number of carbonyl (C=O) groups is 4. The minimum absolute atomic E-state index is 0.173. The van der Waals surface area contributed by atoms with Crippen molar-refractivity contribution < 1.29 is 24.3 Å². The van der Waals surface area contributed by atoms with Gasteiger partial charge in [-0.3, -0.25) is 33.9 Å². The number of hydrogen-bond acceptors (Lipinski definition) is 7. The molecule has 214 valence electrons. The Balaban J connectivity index is 1.00. The van der Waals surface area contributed by atoms with Crippen molar-refractivity contribution in [2.24, 2.45) is 0 Å². The Morgan fingerprint density at radius 3 is 1.38 bits per heavy atom. The van der Waals surface area contributed by atoms with Crippen LogP contribution < -0.4 is 0 Å². The van der Waals surface area contributed by atoms with Crippen molar-refractivity contribution in [3.05, 3.63) is 95.1 Å². The van der Waals surface area contributed by atoms with E-state index in [0.717, 1.165) is 16.2 Å². The van der Waals surface area contributed by atoms with Gasteiger partial charge in [-0.25, -0.2) is 0 Å². The lowest BCUT2D eigenvalue weighted by molar-refractivity contribution is 0.0539. The smallest absolute Gasteiger partial charge is 0.261 e. The molecule has 9 nitrogen and oxygen atoms in total. The van der Waals surface area contributed by atoms with Crippen LogP contribution in [0.3, 0.4) is 0 Å². The molecular formula is C33H32N4O5. The first-order valence-corrected chi connectivity index (χ1v) is 14.2. The van der Waals surface area contributed by atoms with Gasteiger partial charge in [0, 0.05) is 65.8 Å². The zero-order valence-electron chi connectivity index (χ0n) is 23.5. The summed E-state index contributed by atoms with van der Waals surface area (Å²) in [5.41, 5.74) is 2.14. The van der Waals surface area contributed by atoms with Gasteiger partial charge in [-0.1, -0.05) is 48.5 Å². The third kappa shape index (κ3) is 4.85. The molecular weight excluding hydrogens is 532 g/mol. The van der Waals surface area contributed by atoms with E-state index in [1.807, 2.05) is 60.5 Å². The summed E-state index contributed by atoms with van der Waals surface area (Å²) in [6.07, 6.45) is 0.713. The first kappa shape index (κ1) is 27.7. The molecule has 0 radical (unpaired) electrons. The molecule has 4 amide bonds. The number of rotatable bonds is 11. The van der Waals surface area contributed by atoms with Gasteiger partial charge in [0.25, 0.3) is 23.6 Å². The van der Waals surface area contributed by atoms with Gasteiger partial charge in [0.1, 0.15) is 0 Å². The fourth-order valence-electron chi connectivity index (χ4n) is 6.01. The van der Waals surface area contributed by atoms with Crippen LogP contribution in [0.2, 0.25) is 0 Å². The molecule has 4 aromatic carbocycles. The van der Waals surface area contributed by atoms with Gasteiger partial charge in [-0.15, -0.1) is 0 Å². The average molecular weight is 565 g/mol. The van der Waals surface area contributed by atoms with Crippen LogP contribution in [0.1, 0.15) is 47.9 Å². The number of aliphatic hydroxyl groups excluding tert-OH is 1. The largest absolute Gasteiger partial charge is 0.381 e. The number of benzene rings is 4. The lowest BCUT2D eigenvalue weighted by Gasteiger charge is -2.30. The molecule has 2 aliphatic heterocycles. The van der Waals surface area contributed by atoms with E-state index in [4.69, 9.17) is 0 Å². The van der Waals surface area contributed by atoms with Gasteiger partial charge in [0.2, 0.25) is 0 Å². The van der Waals surface area contributed by atoms with Crippen molar-refractivity contribution in [3.63, 3.8) is 0 Å². The summed E-state index contributed by atoms with van der Waals surface area (Å²) in [6, 6.07) is 21.9. The maximum Gasteiger partial charge on any atom is 0.261 e. The van der Waals surface area contributed by atoms with Crippen molar-refractivity contribution in [3.8, 4) is 0 Å². The van der Waals surface area contributed by atoms with Gasteiger partial charge < -0.3 is 10.0 Å². The highest BCUT2D eigenvalue weighted by Crippen LogP contribution is 2.31. The Morgan fingerprint density at radius 1 is 0.571 bits per heavy atom. The Kier molecular flexibility index (Phi) is 7.55. The molecule has 0 saturated heterocycles. The van der Waals surface area contributed by atoms with E-state index in [1.54, 1.807) is 29.2 Å². The normalized spacial score (nSPS) is 14.8. The van der Waals surface area contributed by atoms with Crippen LogP contribution in [0, 0.1) is 0 Å². The van der Waals surface area contributed by atoms with E-state index >= 15 is 0 Å². The SMILES string of the molecule is CN(CCCN(CO)CCN1C(=O)c2cccc3cccc(c23)C1=O)CCN1C(=O)c2cccc3cccc(c23)C1=O. The zero-order valence-corrected chi connectivity index (χ0v) is 23.5. The second kappa shape index (κ2) is 11.4. The second-order valence-electron chi connectivity index (χ2n) is 10.9. The number of nitrogens with zero attached hydrogens (tertiary/aromatic N) is 4. The topological polar surface area (TPSA) is 101 Å². The Labute approximate surface area is 243 Å². The maximum absolute atomic E-state index is 13.2. The number of likely N-dealkylation sites (N-methyl/N-ethyl adjacent to an activating group) is 1. The number of amides is 4. The minimum Gasteiger partial charge on any atom is -0.381 e. The molecule has 2 heterocycles. The van der Waals surface area contributed by atoms with Crippen LogP contribution in [0.5, 0.6) is 0 Å². The molecule has 0 aromatic heterocycles. The van der Waals surface area contributed by atoms with Crippen LogP contribution in [0.4, 0.5) is 0 Å². The molecule has 42 heavy (non-hydrogen) atoms. The second-order valence-corrected chi connectivity index (χ2v) is 10.9. The Hall–Kier alpha value is -4.44. The number of hydrogen-bond donors (Lipinski definition) is 1. The predicted octanol–water partition coefficient (Wildman–Crippen LogP) is 3.46. The molecule has 2 aliphatic rings. The third-order valence-corrected chi connectivity index (χ3v) is 8.27. The molecule has 6 rings (SSSR count). The molecule has 0 atom stereocenters. The van der Waals surface area contributed by atoms with Gasteiger partial charge >= 0.3 is 0 Å². The molecule has 0 saturated carbocycles. The quantitative estimate of drug-likeness (QED) is 0.220. The zero-order chi connectivity index (χ0) is 29.4. The standard InChI is InChI=1S/C33H32N4O5/c1-34(17-19-36-30(39)24-11-2-7-22-8-3-12-25(28(22)24)31(36)40)15-6-16-35(21-38)18-20-37-32(41)26-13-4-9-23-10-5-14-27(29(23)26)33(37)42/h2-5,7-14,38H,6,15-21H2,1H3. The molecule has 0 unspecified atom stereocenters. The first-order chi connectivity index (χ1) is 20.4. The molecule has 1 N–H and O–H groups in total. The fourth-order valence-corrected chi connectivity index (χ4v) is 6.01. The number of aliphatic hydroxyl groups is 1. The van der Waals surface area contributed by atoms with Crippen LogP contribution in [-0.4, -0.2) is 101 Å². The van der Waals surface area contributed by atoms with E-state index in [2.05, 4.69) is 0 Å². The molecule has 0 bridgehead atoms. The van der Waals surface area contributed by atoms with Crippen molar-refractivity contribution in [2.45, 2.75) is 6.42 Å². The van der Waals surface area contributed by atoms with Crippen molar-refractivity contribution in [1.82, 2.24) is 19.6 Å². The fraction of sp³-hybridized carbons (Fsp3) is 0.273. The lowest BCUT2D eigenvalue weighted by Crippen LogP contribution is -2.45. The molecule has 9 heteroatoms. The van der Waals surface area contributed by atoms with Crippen LogP contribution in [-0.2, 0) is 0 Å². The summed E-state index contributed by atoms with van der Waals surface area (Å²) in [6.45, 7) is 2.33. The van der Waals surface area contributed by atoms with Gasteiger partial charge in [0.05, 0.1) is 6.73 Å². The summed E-state index contributed by atoms with van der Waals surface area (Å²) >= 11 is 0. The van der Waals surface area contributed by atoms with E-state index in [9.17, 15) is 24.3 Å². The van der Waals surface area contributed by atoms with Gasteiger partial charge in [-0.05, 0) is 55.1 Å². The van der Waals surface area contributed by atoms with Gasteiger partial charge in [0.15, 0.2) is 0 Å². The third-order valence-electron chi connectivity index (χ3n) is 8.27. The Bertz CT molecular complexity index is 1630.